The van der Waals surface area contributed by atoms with Crippen LogP contribution >= 0.6 is 7.82 Å². The van der Waals surface area contributed by atoms with Gasteiger partial charge in [-0.25, -0.2) is 0 Å². The molecule has 79 heavy (non-hydrogen) atoms. The Morgan fingerprint density at radius 3 is 1.03 bits per heavy atom. The van der Waals surface area contributed by atoms with E-state index in [2.05, 4.69) is 43.5 Å². The molecule has 0 saturated carbocycles. The highest BCUT2D eigenvalue weighted by Gasteiger charge is 2.23. The third kappa shape index (κ3) is 64.1. The number of phosphoric ester groups is 1. The van der Waals surface area contributed by atoms with Gasteiger partial charge < -0.3 is 28.8 Å². The molecular formula is C70H137N2O6P. The van der Waals surface area contributed by atoms with Crippen LogP contribution in [-0.2, 0) is 18.4 Å². The molecule has 0 aromatic rings. The van der Waals surface area contributed by atoms with Gasteiger partial charge in [-0.1, -0.05) is 339 Å². The lowest BCUT2D eigenvalue weighted by Crippen LogP contribution is -2.45. The van der Waals surface area contributed by atoms with Gasteiger partial charge in [0.15, 0.2) is 0 Å². The minimum absolute atomic E-state index is 0.00708. The van der Waals surface area contributed by atoms with Crippen molar-refractivity contribution >= 4 is 13.7 Å². The number of rotatable bonds is 65. The SMILES string of the molecule is CCCCCCCCCCCCCCCCCCCCCCC/C=C/CC/C=C/CC/C=C/C(O)C(COP(=O)([O-])OCC[N+](C)(C)C)NC(=O)CCCCCCCCCCCCCCCCCCCCCCCCCCCC. The quantitative estimate of drug-likeness (QED) is 0.0272. The maximum atomic E-state index is 13.0. The van der Waals surface area contributed by atoms with E-state index in [4.69, 9.17) is 9.05 Å². The van der Waals surface area contributed by atoms with Crippen LogP contribution in [0.5, 0.6) is 0 Å². The summed E-state index contributed by atoms with van der Waals surface area (Å²) in [6.45, 7) is 4.68. The van der Waals surface area contributed by atoms with E-state index in [9.17, 15) is 19.4 Å². The van der Waals surface area contributed by atoms with Crippen molar-refractivity contribution in [1.29, 1.82) is 0 Å². The molecule has 0 spiro atoms. The van der Waals surface area contributed by atoms with Crippen LogP contribution in [0.3, 0.4) is 0 Å². The van der Waals surface area contributed by atoms with Crippen molar-refractivity contribution in [1.82, 2.24) is 5.32 Å². The van der Waals surface area contributed by atoms with E-state index in [-0.39, 0.29) is 12.5 Å². The fourth-order valence-corrected chi connectivity index (χ4v) is 11.4. The lowest BCUT2D eigenvalue weighted by atomic mass is 10.0. The van der Waals surface area contributed by atoms with Gasteiger partial charge in [-0.2, -0.15) is 0 Å². The van der Waals surface area contributed by atoms with Crippen LogP contribution in [0.2, 0.25) is 0 Å². The molecule has 0 aliphatic rings. The van der Waals surface area contributed by atoms with E-state index in [0.29, 0.717) is 17.4 Å². The molecule has 0 aromatic heterocycles. The molecule has 0 aliphatic carbocycles. The molecule has 0 aliphatic heterocycles. The zero-order valence-corrected chi connectivity index (χ0v) is 54.5. The number of carbonyl (C=O) groups excluding carboxylic acids is 1. The lowest BCUT2D eigenvalue weighted by molar-refractivity contribution is -0.870. The van der Waals surface area contributed by atoms with Gasteiger partial charge in [0, 0.05) is 6.42 Å². The molecule has 0 radical (unpaired) electrons. The summed E-state index contributed by atoms with van der Waals surface area (Å²) in [4.78, 5) is 25.6. The first kappa shape index (κ1) is 77.7. The van der Waals surface area contributed by atoms with E-state index < -0.39 is 26.6 Å². The Balaban J connectivity index is 4.11. The lowest BCUT2D eigenvalue weighted by Gasteiger charge is -2.29. The molecule has 0 saturated heterocycles. The number of phosphoric acid groups is 1. The van der Waals surface area contributed by atoms with Gasteiger partial charge in [0.2, 0.25) is 5.91 Å². The summed E-state index contributed by atoms with van der Waals surface area (Å²) >= 11 is 0. The number of nitrogens with zero attached hydrogens (tertiary/aromatic N) is 1. The molecular weight excluding hydrogens is 996 g/mol. The monoisotopic (exact) mass is 1130 g/mol. The number of aliphatic hydroxyl groups excluding tert-OH is 1. The Labute approximate surface area is 493 Å². The highest BCUT2D eigenvalue weighted by atomic mass is 31.2. The molecule has 9 heteroatoms. The van der Waals surface area contributed by atoms with Gasteiger partial charge in [-0.15, -0.1) is 0 Å². The van der Waals surface area contributed by atoms with Crippen LogP contribution in [0.1, 0.15) is 354 Å². The van der Waals surface area contributed by atoms with Crippen molar-refractivity contribution in [3.63, 3.8) is 0 Å². The standard InChI is InChI=1S/C70H137N2O6P/c1-6-8-10-12-14-16-18-20-22-24-26-28-30-32-34-35-36-37-38-39-41-43-45-47-49-51-53-55-57-59-61-63-69(73)68(67-78-79(75,76)77-66-65-72(3,4)5)71-70(74)64-62-60-58-56-54-52-50-48-46-44-42-40-33-31-29-27-25-23-21-19-17-15-13-11-9-7-2/h45,47,53,55,61,63,68-69,73H,6-44,46,48-52,54,56-60,62,64-67H2,1-5H3,(H-,71,74,75,76)/b47-45+,55-53+,63-61+. The van der Waals surface area contributed by atoms with E-state index >= 15 is 0 Å². The van der Waals surface area contributed by atoms with Crippen molar-refractivity contribution in [2.75, 3.05) is 40.9 Å². The topological polar surface area (TPSA) is 108 Å². The van der Waals surface area contributed by atoms with Crippen LogP contribution in [0.4, 0.5) is 0 Å². The van der Waals surface area contributed by atoms with Gasteiger partial charge in [0.05, 0.1) is 39.9 Å². The Hall–Kier alpha value is -1.28. The van der Waals surface area contributed by atoms with Gasteiger partial charge in [-0.05, 0) is 44.9 Å². The Kier molecular flexibility index (Phi) is 60.3. The minimum atomic E-state index is -4.61. The number of carbonyl (C=O) groups is 1. The number of aliphatic hydroxyl groups is 1. The summed E-state index contributed by atoms with van der Waals surface area (Å²) in [6, 6.07) is -0.909. The van der Waals surface area contributed by atoms with Crippen LogP contribution in [0.15, 0.2) is 36.5 Å². The summed E-state index contributed by atoms with van der Waals surface area (Å²) in [5, 5.41) is 13.9. The van der Waals surface area contributed by atoms with Gasteiger partial charge in [0.1, 0.15) is 13.2 Å². The number of quaternary nitrogens is 1. The van der Waals surface area contributed by atoms with Crippen molar-refractivity contribution < 1.29 is 32.9 Å². The molecule has 3 atom stereocenters. The van der Waals surface area contributed by atoms with E-state index in [1.54, 1.807) is 6.08 Å². The van der Waals surface area contributed by atoms with E-state index in [1.165, 1.54) is 289 Å². The Bertz CT molecular complexity index is 1380. The molecule has 0 aromatic carbocycles. The predicted octanol–water partition coefficient (Wildman–Crippen LogP) is 21.4. The highest BCUT2D eigenvalue weighted by molar-refractivity contribution is 7.45. The summed E-state index contributed by atoms with van der Waals surface area (Å²) in [6.07, 6.45) is 81.4. The van der Waals surface area contributed by atoms with Gasteiger partial charge in [0.25, 0.3) is 7.82 Å². The summed E-state index contributed by atoms with van der Waals surface area (Å²) in [7, 11) is 1.25. The number of hydrogen-bond donors (Lipinski definition) is 2. The first-order valence-corrected chi connectivity index (χ1v) is 36.3. The van der Waals surface area contributed by atoms with Gasteiger partial charge in [-0.3, -0.25) is 9.36 Å². The maximum Gasteiger partial charge on any atom is 0.268 e. The number of amides is 1. The van der Waals surface area contributed by atoms with Gasteiger partial charge >= 0.3 is 0 Å². The number of unbranched alkanes of at least 4 members (excludes halogenated alkanes) is 48. The predicted molar refractivity (Wildman–Crippen MR) is 344 cm³/mol. The maximum absolute atomic E-state index is 13.0. The minimum Gasteiger partial charge on any atom is -0.756 e. The number of hydrogen-bond acceptors (Lipinski definition) is 6. The third-order valence-corrected chi connectivity index (χ3v) is 17.0. The molecule has 8 nitrogen and oxygen atoms in total. The largest absolute Gasteiger partial charge is 0.756 e. The number of nitrogens with one attached hydrogen (secondary N) is 1. The molecule has 468 valence electrons. The molecule has 1 amide bonds. The fraction of sp³-hybridized carbons (Fsp3) is 0.900. The molecule has 0 fully saturated rings. The third-order valence-electron chi connectivity index (χ3n) is 16.1. The van der Waals surface area contributed by atoms with Crippen LogP contribution in [-0.4, -0.2) is 68.5 Å². The average Bonchev–Trinajstić information content (AvgIpc) is 3.42. The number of allylic oxidation sites excluding steroid dienone is 5. The molecule has 0 bridgehead atoms. The first-order valence-electron chi connectivity index (χ1n) is 34.9. The van der Waals surface area contributed by atoms with Crippen molar-refractivity contribution in [2.24, 2.45) is 0 Å². The van der Waals surface area contributed by atoms with Crippen LogP contribution in [0, 0.1) is 0 Å². The zero-order valence-electron chi connectivity index (χ0n) is 53.6. The molecule has 0 rings (SSSR count). The highest BCUT2D eigenvalue weighted by Crippen LogP contribution is 2.38. The average molecular weight is 1130 g/mol. The summed E-state index contributed by atoms with van der Waals surface area (Å²) in [5.41, 5.74) is 0. The number of likely N-dealkylation sites (N-methyl/N-ethyl adjacent to an activating group) is 1. The van der Waals surface area contributed by atoms with Crippen molar-refractivity contribution in [3.8, 4) is 0 Å². The second-order valence-corrected chi connectivity index (χ2v) is 26.6. The smallest absolute Gasteiger partial charge is 0.268 e. The molecule has 2 N–H and O–H groups in total. The Morgan fingerprint density at radius 1 is 0.430 bits per heavy atom. The first-order chi connectivity index (χ1) is 38.5. The zero-order chi connectivity index (χ0) is 57.7. The summed E-state index contributed by atoms with van der Waals surface area (Å²) in [5.74, 6) is -0.204. The van der Waals surface area contributed by atoms with Crippen LogP contribution < -0.4 is 10.2 Å². The fourth-order valence-electron chi connectivity index (χ4n) is 10.7. The van der Waals surface area contributed by atoms with Crippen molar-refractivity contribution in [3.05, 3.63) is 36.5 Å². The van der Waals surface area contributed by atoms with E-state index in [0.717, 1.165) is 44.9 Å². The molecule has 0 heterocycles. The van der Waals surface area contributed by atoms with Crippen molar-refractivity contribution in [2.45, 2.75) is 366 Å². The molecule has 3 unspecified atom stereocenters. The second kappa shape index (κ2) is 61.3. The Morgan fingerprint density at radius 2 is 0.709 bits per heavy atom. The second-order valence-electron chi connectivity index (χ2n) is 25.2. The van der Waals surface area contributed by atoms with Crippen LogP contribution in [0.25, 0.3) is 0 Å². The summed E-state index contributed by atoms with van der Waals surface area (Å²) < 4.78 is 23.4. The normalized spacial score (nSPS) is 13.9. The van der Waals surface area contributed by atoms with E-state index in [1.807, 2.05) is 27.2 Å².